The molecule has 1 aromatic carbocycles. The van der Waals surface area contributed by atoms with Gasteiger partial charge >= 0.3 is 0 Å². The molecule has 0 aliphatic rings. The second-order valence-corrected chi connectivity index (χ2v) is 6.32. The van der Waals surface area contributed by atoms with Gasteiger partial charge in [-0.2, -0.15) is 0 Å². The Morgan fingerprint density at radius 2 is 1.76 bits per heavy atom. The van der Waals surface area contributed by atoms with Crippen LogP contribution in [0.1, 0.15) is 44.4 Å². The fourth-order valence-electron chi connectivity index (χ4n) is 3.21. The van der Waals surface area contributed by atoms with Crippen LogP contribution in [0.25, 0.3) is 0 Å². The van der Waals surface area contributed by atoms with E-state index >= 15 is 0 Å². The molecule has 21 heavy (non-hydrogen) atoms. The first-order valence-electron chi connectivity index (χ1n) is 8.13. The molecular weight excluding hydrogens is 258 g/mol. The fraction of sp³-hybridized carbons (Fsp3) is 0.667. The van der Waals surface area contributed by atoms with Crippen LogP contribution < -0.4 is 5.73 Å². The van der Waals surface area contributed by atoms with E-state index in [0.29, 0.717) is 6.04 Å². The summed E-state index contributed by atoms with van der Waals surface area (Å²) in [5, 5.41) is 0. The largest absolute Gasteiger partial charge is 0.326 e. The Bertz CT molecular complexity index is 417. The second kappa shape index (κ2) is 8.52. The molecule has 0 saturated carbocycles. The zero-order chi connectivity index (χ0) is 16.0. The van der Waals surface area contributed by atoms with Crippen LogP contribution >= 0.6 is 0 Å². The third kappa shape index (κ3) is 4.80. The summed E-state index contributed by atoms with van der Waals surface area (Å²) in [4.78, 5) is 4.80. The summed E-state index contributed by atoms with van der Waals surface area (Å²) in [5.41, 5.74) is 9.22. The van der Waals surface area contributed by atoms with Gasteiger partial charge in [0.15, 0.2) is 0 Å². The van der Waals surface area contributed by atoms with Crippen molar-refractivity contribution in [3.63, 3.8) is 0 Å². The molecule has 3 nitrogen and oxygen atoms in total. The van der Waals surface area contributed by atoms with E-state index in [9.17, 15) is 0 Å². The SMILES string of the molecule is CCC(N)C(c1ccccc1C)N(CC)C(C)CN(C)C. The van der Waals surface area contributed by atoms with Crippen LogP contribution in [0.5, 0.6) is 0 Å². The van der Waals surface area contributed by atoms with Crippen LogP contribution in [0.4, 0.5) is 0 Å². The maximum Gasteiger partial charge on any atom is 0.0504 e. The lowest BCUT2D eigenvalue weighted by Gasteiger charge is -2.40. The highest BCUT2D eigenvalue weighted by molar-refractivity contribution is 5.30. The summed E-state index contributed by atoms with van der Waals surface area (Å²) in [7, 11) is 4.26. The quantitative estimate of drug-likeness (QED) is 0.799. The Hall–Kier alpha value is -0.900. The molecule has 0 bridgehead atoms. The molecule has 0 amide bonds. The molecule has 0 aliphatic carbocycles. The predicted octanol–water partition coefficient (Wildman–Crippen LogP) is 3.05. The van der Waals surface area contributed by atoms with E-state index in [-0.39, 0.29) is 12.1 Å². The number of hydrogen-bond acceptors (Lipinski definition) is 3. The Morgan fingerprint density at radius 1 is 1.14 bits per heavy atom. The van der Waals surface area contributed by atoms with Gasteiger partial charge in [-0.25, -0.2) is 0 Å². The minimum Gasteiger partial charge on any atom is -0.326 e. The molecule has 0 aliphatic heterocycles. The van der Waals surface area contributed by atoms with Gasteiger partial charge in [-0.05, 0) is 52.0 Å². The molecule has 1 aromatic rings. The van der Waals surface area contributed by atoms with E-state index in [0.717, 1.165) is 19.5 Å². The van der Waals surface area contributed by atoms with Crippen molar-refractivity contribution in [2.45, 2.75) is 52.2 Å². The maximum atomic E-state index is 6.51. The maximum absolute atomic E-state index is 6.51. The van der Waals surface area contributed by atoms with Crippen molar-refractivity contribution in [1.29, 1.82) is 0 Å². The number of hydrogen-bond donors (Lipinski definition) is 1. The summed E-state index contributed by atoms with van der Waals surface area (Å²) in [6.07, 6.45) is 0.990. The normalized spacial score (nSPS) is 16.2. The lowest BCUT2D eigenvalue weighted by molar-refractivity contribution is 0.109. The van der Waals surface area contributed by atoms with Crippen LogP contribution in [0.15, 0.2) is 24.3 Å². The van der Waals surface area contributed by atoms with Crippen molar-refractivity contribution in [2.75, 3.05) is 27.2 Å². The van der Waals surface area contributed by atoms with Gasteiger partial charge < -0.3 is 10.6 Å². The molecule has 0 heterocycles. The van der Waals surface area contributed by atoms with Crippen molar-refractivity contribution in [1.82, 2.24) is 9.80 Å². The third-order valence-electron chi connectivity index (χ3n) is 4.30. The number of aryl methyl sites for hydroxylation is 1. The van der Waals surface area contributed by atoms with Crippen LogP contribution in [0.3, 0.4) is 0 Å². The highest BCUT2D eigenvalue weighted by atomic mass is 15.2. The fourth-order valence-corrected chi connectivity index (χ4v) is 3.21. The van der Waals surface area contributed by atoms with Crippen LogP contribution in [-0.4, -0.2) is 49.1 Å². The van der Waals surface area contributed by atoms with Gasteiger partial charge in [0.05, 0.1) is 6.04 Å². The average molecular weight is 291 g/mol. The van der Waals surface area contributed by atoms with E-state index in [1.165, 1.54) is 11.1 Å². The molecule has 3 heteroatoms. The van der Waals surface area contributed by atoms with E-state index < -0.39 is 0 Å². The second-order valence-electron chi connectivity index (χ2n) is 6.32. The molecule has 2 N–H and O–H groups in total. The summed E-state index contributed by atoms with van der Waals surface area (Å²) >= 11 is 0. The lowest BCUT2D eigenvalue weighted by Crippen LogP contribution is -2.48. The van der Waals surface area contributed by atoms with E-state index in [4.69, 9.17) is 5.73 Å². The lowest BCUT2D eigenvalue weighted by atomic mass is 9.92. The Morgan fingerprint density at radius 3 is 2.24 bits per heavy atom. The summed E-state index contributed by atoms with van der Waals surface area (Å²) < 4.78 is 0. The van der Waals surface area contributed by atoms with E-state index in [1.54, 1.807) is 0 Å². The molecular formula is C18H33N3. The first-order valence-corrected chi connectivity index (χ1v) is 8.13. The Kier molecular flexibility index (Phi) is 7.36. The molecule has 1 rings (SSSR count). The standard InChI is InChI=1S/C18H33N3/c1-7-17(19)18(16-12-10-9-11-14(16)3)21(8-2)15(4)13-20(5)6/h9-12,15,17-18H,7-8,13,19H2,1-6H3. The van der Waals surface area contributed by atoms with Crippen LogP contribution in [0.2, 0.25) is 0 Å². The van der Waals surface area contributed by atoms with Gasteiger partial charge in [0.25, 0.3) is 0 Å². The molecule has 0 spiro atoms. The molecule has 0 saturated heterocycles. The number of nitrogens with two attached hydrogens (primary N) is 1. The third-order valence-corrected chi connectivity index (χ3v) is 4.30. The van der Waals surface area contributed by atoms with E-state index in [2.05, 4.69) is 75.9 Å². The summed E-state index contributed by atoms with van der Waals surface area (Å²) in [6, 6.07) is 9.59. The summed E-state index contributed by atoms with van der Waals surface area (Å²) in [6.45, 7) is 11.0. The van der Waals surface area contributed by atoms with Gasteiger partial charge in [-0.1, -0.05) is 38.1 Å². The van der Waals surface area contributed by atoms with Crippen molar-refractivity contribution in [2.24, 2.45) is 5.73 Å². The first-order chi connectivity index (χ1) is 9.92. The van der Waals surface area contributed by atoms with Crippen molar-refractivity contribution >= 4 is 0 Å². The number of likely N-dealkylation sites (N-methyl/N-ethyl adjacent to an activating group) is 2. The molecule has 0 fully saturated rings. The highest BCUT2D eigenvalue weighted by Gasteiger charge is 2.29. The number of nitrogens with zero attached hydrogens (tertiary/aromatic N) is 2. The van der Waals surface area contributed by atoms with Gasteiger partial charge in [0, 0.05) is 18.6 Å². The van der Waals surface area contributed by atoms with Crippen LogP contribution in [0, 0.1) is 6.92 Å². The average Bonchev–Trinajstić information content (AvgIpc) is 2.44. The molecule has 0 radical (unpaired) electrons. The van der Waals surface area contributed by atoms with Crippen LogP contribution in [-0.2, 0) is 0 Å². The smallest absolute Gasteiger partial charge is 0.0504 e. The first kappa shape index (κ1) is 18.1. The van der Waals surface area contributed by atoms with Gasteiger partial charge in [-0.3, -0.25) is 4.90 Å². The molecule has 0 aromatic heterocycles. The highest BCUT2D eigenvalue weighted by Crippen LogP contribution is 2.29. The molecule has 3 atom stereocenters. The van der Waals surface area contributed by atoms with E-state index in [1.807, 2.05) is 0 Å². The zero-order valence-corrected chi connectivity index (χ0v) is 14.6. The Labute approximate surface area is 131 Å². The van der Waals surface area contributed by atoms with Crippen molar-refractivity contribution < 1.29 is 0 Å². The predicted molar refractivity (Wildman–Crippen MR) is 92.6 cm³/mol. The van der Waals surface area contributed by atoms with Gasteiger partial charge in [0.2, 0.25) is 0 Å². The van der Waals surface area contributed by atoms with Crippen molar-refractivity contribution in [3.05, 3.63) is 35.4 Å². The summed E-state index contributed by atoms with van der Waals surface area (Å²) in [5.74, 6) is 0. The van der Waals surface area contributed by atoms with Gasteiger partial charge in [0.1, 0.15) is 0 Å². The minimum atomic E-state index is 0.163. The minimum absolute atomic E-state index is 0.163. The number of benzene rings is 1. The van der Waals surface area contributed by atoms with Gasteiger partial charge in [-0.15, -0.1) is 0 Å². The molecule has 3 unspecified atom stereocenters. The monoisotopic (exact) mass is 291 g/mol. The zero-order valence-electron chi connectivity index (χ0n) is 14.6. The molecule has 120 valence electrons. The topological polar surface area (TPSA) is 32.5 Å². The van der Waals surface area contributed by atoms with Crippen molar-refractivity contribution in [3.8, 4) is 0 Å². The number of rotatable bonds is 8. The Balaban J connectivity index is 3.14.